The van der Waals surface area contributed by atoms with Crippen LogP contribution in [0.25, 0.3) is 0 Å². The van der Waals surface area contributed by atoms with E-state index in [2.05, 4.69) is 10.6 Å². The highest BCUT2D eigenvalue weighted by molar-refractivity contribution is 8.00. The Balaban J connectivity index is 1.65. The lowest BCUT2D eigenvalue weighted by Gasteiger charge is -2.12. The molecule has 0 fully saturated rings. The highest BCUT2D eigenvalue weighted by Crippen LogP contribution is 2.25. The van der Waals surface area contributed by atoms with Gasteiger partial charge in [-0.3, -0.25) is 9.59 Å². The van der Waals surface area contributed by atoms with E-state index in [0.29, 0.717) is 5.56 Å². The number of hydrogen-bond donors (Lipinski definition) is 2. The van der Waals surface area contributed by atoms with Gasteiger partial charge in [0.05, 0.1) is 11.3 Å². The van der Waals surface area contributed by atoms with Crippen LogP contribution in [0.4, 0.5) is 11.4 Å². The zero-order chi connectivity index (χ0) is 20.8. The van der Waals surface area contributed by atoms with Gasteiger partial charge < -0.3 is 10.6 Å². The van der Waals surface area contributed by atoms with E-state index in [1.165, 1.54) is 11.8 Å². The van der Waals surface area contributed by atoms with E-state index in [-0.39, 0.29) is 17.6 Å². The van der Waals surface area contributed by atoms with Crippen LogP contribution in [0.3, 0.4) is 0 Å². The van der Waals surface area contributed by atoms with Crippen molar-refractivity contribution in [1.82, 2.24) is 0 Å². The van der Waals surface area contributed by atoms with Crippen LogP contribution in [-0.4, -0.2) is 17.6 Å². The van der Waals surface area contributed by atoms with E-state index >= 15 is 0 Å². The van der Waals surface area contributed by atoms with E-state index in [1.54, 1.807) is 6.07 Å². The summed E-state index contributed by atoms with van der Waals surface area (Å²) in [6.07, 6.45) is 0. The molecule has 3 aromatic rings. The summed E-state index contributed by atoms with van der Waals surface area (Å²) in [5.74, 6) is -0.0655. The summed E-state index contributed by atoms with van der Waals surface area (Å²) in [5, 5.41) is 5.85. The fourth-order valence-electron chi connectivity index (χ4n) is 2.90. The number of amides is 2. The van der Waals surface area contributed by atoms with Gasteiger partial charge in [0, 0.05) is 16.3 Å². The molecule has 2 amide bonds. The smallest absolute Gasteiger partial charge is 0.256 e. The number of anilines is 2. The molecule has 4 nitrogen and oxygen atoms in total. The fraction of sp³-hybridized carbons (Fsp3) is 0.167. The lowest BCUT2D eigenvalue weighted by molar-refractivity contribution is -0.113. The van der Waals surface area contributed by atoms with Gasteiger partial charge in [0.1, 0.15) is 0 Å². The SMILES string of the molecule is Cc1ccc(NC(=O)CSc2ccccc2C(=O)Nc2ccc(C)cc2C)cc1. The van der Waals surface area contributed by atoms with Crippen LogP contribution < -0.4 is 10.6 Å². The second kappa shape index (κ2) is 9.43. The normalized spacial score (nSPS) is 10.4. The standard InChI is InChI=1S/C24H24N2O2S/c1-16-8-11-19(12-9-16)25-23(27)15-29-22-7-5-4-6-20(22)24(28)26-21-13-10-17(2)14-18(21)3/h4-14H,15H2,1-3H3,(H,25,27)(H,26,28). The minimum Gasteiger partial charge on any atom is -0.325 e. The summed E-state index contributed by atoms with van der Waals surface area (Å²) in [6.45, 7) is 5.99. The van der Waals surface area contributed by atoms with Crippen molar-refractivity contribution in [3.63, 3.8) is 0 Å². The molecule has 0 unspecified atom stereocenters. The highest BCUT2D eigenvalue weighted by Gasteiger charge is 2.14. The quantitative estimate of drug-likeness (QED) is 0.526. The predicted octanol–water partition coefficient (Wildman–Crippen LogP) is 5.59. The Hall–Kier alpha value is -3.05. The molecule has 0 atom stereocenters. The van der Waals surface area contributed by atoms with Gasteiger partial charge in [-0.05, 0) is 56.7 Å². The van der Waals surface area contributed by atoms with Crippen molar-refractivity contribution in [2.75, 3.05) is 16.4 Å². The second-order valence-corrected chi connectivity index (χ2v) is 7.99. The third-order valence-electron chi connectivity index (χ3n) is 4.46. The molecule has 3 aromatic carbocycles. The van der Waals surface area contributed by atoms with Crippen LogP contribution in [-0.2, 0) is 4.79 Å². The Morgan fingerprint density at radius 1 is 0.828 bits per heavy atom. The molecule has 0 bridgehead atoms. The van der Waals surface area contributed by atoms with Crippen LogP contribution in [0.15, 0.2) is 71.6 Å². The van der Waals surface area contributed by atoms with Crippen molar-refractivity contribution in [2.45, 2.75) is 25.7 Å². The largest absolute Gasteiger partial charge is 0.325 e. The molecule has 0 aliphatic carbocycles. The number of carbonyl (C=O) groups is 2. The van der Waals surface area contributed by atoms with Crippen LogP contribution in [0, 0.1) is 20.8 Å². The fourth-order valence-corrected chi connectivity index (χ4v) is 3.75. The first-order valence-corrected chi connectivity index (χ1v) is 10.4. The topological polar surface area (TPSA) is 58.2 Å². The maximum Gasteiger partial charge on any atom is 0.256 e. The summed E-state index contributed by atoms with van der Waals surface area (Å²) in [6, 6.07) is 20.9. The van der Waals surface area contributed by atoms with Crippen molar-refractivity contribution in [3.05, 3.63) is 89.0 Å². The van der Waals surface area contributed by atoms with Gasteiger partial charge in [0.25, 0.3) is 5.91 Å². The average Bonchev–Trinajstić information content (AvgIpc) is 2.70. The molecule has 0 aliphatic heterocycles. The molecule has 0 spiro atoms. The second-order valence-electron chi connectivity index (χ2n) is 6.97. The molecule has 29 heavy (non-hydrogen) atoms. The average molecular weight is 405 g/mol. The summed E-state index contributed by atoms with van der Waals surface area (Å²) >= 11 is 1.35. The zero-order valence-corrected chi connectivity index (χ0v) is 17.6. The first kappa shape index (κ1) is 20.7. The predicted molar refractivity (Wildman–Crippen MR) is 121 cm³/mol. The molecule has 3 rings (SSSR count). The summed E-state index contributed by atoms with van der Waals surface area (Å²) < 4.78 is 0. The monoisotopic (exact) mass is 404 g/mol. The Morgan fingerprint density at radius 2 is 1.52 bits per heavy atom. The molecule has 5 heteroatoms. The van der Waals surface area contributed by atoms with Crippen LogP contribution in [0.2, 0.25) is 0 Å². The van der Waals surface area contributed by atoms with Gasteiger partial charge in [0.2, 0.25) is 5.91 Å². The van der Waals surface area contributed by atoms with Crippen molar-refractivity contribution >= 4 is 35.0 Å². The molecule has 0 aliphatic rings. The van der Waals surface area contributed by atoms with Crippen molar-refractivity contribution in [1.29, 1.82) is 0 Å². The van der Waals surface area contributed by atoms with E-state index in [4.69, 9.17) is 0 Å². The summed E-state index contributed by atoms with van der Waals surface area (Å²) in [7, 11) is 0. The minimum atomic E-state index is -0.181. The number of aryl methyl sites for hydroxylation is 3. The van der Waals surface area contributed by atoms with E-state index < -0.39 is 0 Å². The van der Waals surface area contributed by atoms with Gasteiger partial charge >= 0.3 is 0 Å². The molecule has 0 saturated carbocycles. The van der Waals surface area contributed by atoms with Crippen LogP contribution in [0.1, 0.15) is 27.0 Å². The van der Waals surface area contributed by atoms with E-state index in [9.17, 15) is 9.59 Å². The molecule has 0 heterocycles. The summed E-state index contributed by atoms with van der Waals surface area (Å²) in [4.78, 5) is 25.9. The zero-order valence-electron chi connectivity index (χ0n) is 16.8. The van der Waals surface area contributed by atoms with Gasteiger partial charge in [-0.1, -0.05) is 47.5 Å². The summed E-state index contributed by atoms with van der Waals surface area (Å²) in [5.41, 5.74) is 5.42. The Morgan fingerprint density at radius 3 is 2.24 bits per heavy atom. The molecule has 0 aromatic heterocycles. The number of hydrogen-bond acceptors (Lipinski definition) is 3. The molecular weight excluding hydrogens is 380 g/mol. The first-order valence-electron chi connectivity index (χ1n) is 9.39. The third kappa shape index (κ3) is 5.72. The Kier molecular flexibility index (Phi) is 6.73. The van der Waals surface area contributed by atoms with Gasteiger partial charge in [-0.25, -0.2) is 0 Å². The number of rotatable bonds is 6. The lowest BCUT2D eigenvalue weighted by atomic mass is 10.1. The Bertz CT molecular complexity index is 1030. The Labute approximate surface area is 175 Å². The molecule has 148 valence electrons. The van der Waals surface area contributed by atoms with E-state index in [1.807, 2.05) is 81.4 Å². The van der Waals surface area contributed by atoms with Crippen molar-refractivity contribution in [3.8, 4) is 0 Å². The van der Waals surface area contributed by atoms with Crippen molar-refractivity contribution < 1.29 is 9.59 Å². The maximum absolute atomic E-state index is 12.8. The third-order valence-corrected chi connectivity index (χ3v) is 5.53. The van der Waals surface area contributed by atoms with Gasteiger partial charge in [0.15, 0.2) is 0 Å². The minimum absolute atomic E-state index is 0.108. The molecule has 0 saturated heterocycles. The molecule has 2 N–H and O–H groups in total. The lowest BCUT2D eigenvalue weighted by Crippen LogP contribution is -2.16. The van der Waals surface area contributed by atoms with Crippen molar-refractivity contribution in [2.24, 2.45) is 0 Å². The number of benzene rings is 3. The molecular formula is C24H24N2O2S. The number of nitrogens with one attached hydrogen (secondary N) is 2. The number of thioether (sulfide) groups is 1. The molecule has 0 radical (unpaired) electrons. The maximum atomic E-state index is 12.8. The van der Waals surface area contributed by atoms with Gasteiger partial charge in [-0.15, -0.1) is 11.8 Å². The first-order chi connectivity index (χ1) is 13.9. The van der Waals surface area contributed by atoms with Gasteiger partial charge in [-0.2, -0.15) is 0 Å². The van der Waals surface area contributed by atoms with Crippen LogP contribution in [0.5, 0.6) is 0 Å². The highest BCUT2D eigenvalue weighted by atomic mass is 32.2. The number of carbonyl (C=O) groups excluding carboxylic acids is 2. The van der Waals surface area contributed by atoms with Crippen LogP contribution >= 0.6 is 11.8 Å². The van der Waals surface area contributed by atoms with E-state index in [0.717, 1.165) is 33.0 Å².